The first-order chi connectivity index (χ1) is 15.9. The average molecular weight is 473 g/mol. The van der Waals surface area contributed by atoms with E-state index in [1.807, 2.05) is 0 Å². The summed E-state index contributed by atoms with van der Waals surface area (Å²) in [6.07, 6.45) is 1.65. The van der Waals surface area contributed by atoms with Crippen LogP contribution in [0, 0.1) is 17.3 Å². The molecule has 0 bridgehead atoms. The number of benzene rings is 2. The standard InChI is InChI=1S/C26H32O8/c1-26(2,3)15-6-4-13(5-7-15)25(32)34-22-12-17-18(28)10-16(27)11-21(17)33-24(22)14-8-19(29)23(31)20(30)9-14/h8-11,13,15,22,24,27-31H,4-7,12H2,1-3H3/t13?,15?,22-,24-/m1/s1. The molecule has 0 amide bonds. The molecule has 0 aromatic heterocycles. The summed E-state index contributed by atoms with van der Waals surface area (Å²) in [5, 5.41) is 49.9. The Balaban J connectivity index is 1.60. The van der Waals surface area contributed by atoms with Crippen LogP contribution in [0.15, 0.2) is 24.3 Å². The lowest BCUT2D eigenvalue weighted by Gasteiger charge is -2.38. The highest BCUT2D eigenvalue weighted by molar-refractivity contribution is 5.73. The van der Waals surface area contributed by atoms with Crippen LogP contribution in [0.2, 0.25) is 0 Å². The number of carbonyl (C=O) groups is 1. The van der Waals surface area contributed by atoms with E-state index in [0.717, 1.165) is 25.7 Å². The quantitative estimate of drug-likeness (QED) is 0.321. The molecule has 34 heavy (non-hydrogen) atoms. The zero-order valence-corrected chi connectivity index (χ0v) is 19.6. The molecule has 8 nitrogen and oxygen atoms in total. The molecule has 8 heteroatoms. The highest BCUT2D eigenvalue weighted by atomic mass is 16.6. The molecule has 0 unspecified atom stereocenters. The summed E-state index contributed by atoms with van der Waals surface area (Å²) in [5.41, 5.74) is 0.846. The third kappa shape index (κ3) is 4.67. The molecule has 4 rings (SSSR count). The minimum atomic E-state index is -0.944. The molecule has 184 valence electrons. The lowest BCUT2D eigenvalue weighted by Crippen LogP contribution is -2.37. The normalized spacial score (nSPS) is 24.7. The van der Waals surface area contributed by atoms with Crippen molar-refractivity contribution in [1.82, 2.24) is 0 Å². The molecule has 2 aliphatic rings. The molecular weight excluding hydrogens is 440 g/mol. The van der Waals surface area contributed by atoms with Crippen LogP contribution >= 0.6 is 0 Å². The first kappa shape index (κ1) is 23.9. The number of rotatable bonds is 3. The Morgan fingerprint density at radius 2 is 1.53 bits per heavy atom. The number of fused-ring (bicyclic) bond motifs is 1. The number of carbonyl (C=O) groups excluding carboxylic acids is 1. The number of phenolic OH excluding ortho intramolecular Hbond substituents is 5. The molecule has 5 N–H and O–H groups in total. The molecule has 2 atom stereocenters. The van der Waals surface area contributed by atoms with Crippen molar-refractivity contribution < 1.29 is 39.8 Å². The fourth-order valence-electron chi connectivity index (χ4n) is 5.06. The van der Waals surface area contributed by atoms with Gasteiger partial charge in [0.15, 0.2) is 23.4 Å². The van der Waals surface area contributed by atoms with Crippen LogP contribution in [-0.2, 0) is 16.0 Å². The van der Waals surface area contributed by atoms with Gasteiger partial charge in [0.1, 0.15) is 23.4 Å². The molecular formula is C26H32O8. The van der Waals surface area contributed by atoms with E-state index in [0.29, 0.717) is 11.5 Å². The van der Waals surface area contributed by atoms with Gasteiger partial charge in [-0.3, -0.25) is 4.79 Å². The van der Waals surface area contributed by atoms with Crippen LogP contribution in [-0.4, -0.2) is 37.6 Å². The maximum Gasteiger partial charge on any atom is 0.309 e. The molecule has 1 fully saturated rings. The van der Waals surface area contributed by atoms with Crippen molar-refractivity contribution in [3.05, 3.63) is 35.4 Å². The second-order valence-corrected chi connectivity index (χ2v) is 10.5. The van der Waals surface area contributed by atoms with Gasteiger partial charge in [0, 0.05) is 29.7 Å². The van der Waals surface area contributed by atoms with Crippen LogP contribution in [0.3, 0.4) is 0 Å². The topological polar surface area (TPSA) is 137 Å². The van der Waals surface area contributed by atoms with Crippen LogP contribution in [0.4, 0.5) is 0 Å². The third-order valence-corrected chi connectivity index (χ3v) is 7.14. The van der Waals surface area contributed by atoms with Crippen LogP contribution in [0.1, 0.15) is 63.7 Å². The Labute approximate surface area is 198 Å². The van der Waals surface area contributed by atoms with Crippen LogP contribution < -0.4 is 4.74 Å². The first-order valence-electron chi connectivity index (χ1n) is 11.6. The van der Waals surface area contributed by atoms with E-state index in [-0.39, 0.29) is 46.5 Å². The van der Waals surface area contributed by atoms with Crippen molar-refractivity contribution in [3.63, 3.8) is 0 Å². The predicted octanol–water partition coefficient (Wildman–Crippen LogP) is 4.66. The molecule has 2 aromatic rings. The maximum atomic E-state index is 13.1. The summed E-state index contributed by atoms with van der Waals surface area (Å²) in [4.78, 5) is 13.1. The van der Waals surface area contributed by atoms with Gasteiger partial charge < -0.3 is 35.0 Å². The van der Waals surface area contributed by atoms with Crippen molar-refractivity contribution in [2.45, 2.75) is 65.1 Å². The molecule has 0 radical (unpaired) electrons. The van der Waals surface area contributed by atoms with E-state index >= 15 is 0 Å². The van der Waals surface area contributed by atoms with Gasteiger partial charge in [0.05, 0.1) is 5.92 Å². The first-order valence-corrected chi connectivity index (χ1v) is 11.6. The van der Waals surface area contributed by atoms with Gasteiger partial charge >= 0.3 is 5.97 Å². The number of aromatic hydroxyl groups is 5. The van der Waals surface area contributed by atoms with Crippen molar-refractivity contribution in [2.24, 2.45) is 17.3 Å². The minimum absolute atomic E-state index is 0.109. The summed E-state index contributed by atoms with van der Waals surface area (Å²) in [5.74, 6) is -1.99. The Morgan fingerprint density at radius 1 is 0.912 bits per heavy atom. The summed E-state index contributed by atoms with van der Waals surface area (Å²) in [6.45, 7) is 6.64. The van der Waals surface area contributed by atoms with Crippen molar-refractivity contribution >= 4 is 5.97 Å². The van der Waals surface area contributed by atoms with Gasteiger partial charge in [0.2, 0.25) is 0 Å². The predicted molar refractivity (Wildman–Crippen MR) is 123 cm³/mol. The van der Waals surface area contributed by atoms with E-state index in [1.165, 1.54) is 24.3 Å². The molecule has 2 aromatic carbocycles. The van der Waals surface area contributed by atoms with E-state index in [2.05, 4.69) is 20.8 Å². The van der Waals surface area contributed by atoms with Gasteiger partial charge in [0.25, 0.3) is 0 Å². The molecule has 0 spiro atoms. The van der Waals surface area contributed by atoms with Crippen molar-refractivity contribution in [3.8, 4) is 34.5 Å². The van der Waals surface area contributed by atoms with Crippen molar-refractivity contribution in [2.75, 3.05) is 0 Å². The molecule has 1 aliphatic carbocycles. The van der Waals surface area contributed by atoms with Crippen molar-refractivity contribution in [1.29, 1.82) is 0 Å². The average Bonchev–Trinajstić information content (AvgIpc) is 2.76. The van der Waals surface area contributed by atoms with Gasteiger partial charge in [-0.15, -0.1) is 0 Å². The summed E-state index contributed by atoms with van der Waals surface area (Å²) >= 11 is 0. The fourth-order valence-corrected chi connectivity index (χ4v) is 5.06. The zero-order chi connectivity index (χ0) is 24.8. The number of hydrogen-bond acceptors (Lipinski definition) is 8. The summed E-state index contributed by atoms with van der Waals surface area (Å²) in [6, 6.07) is 4.98. The lowest BCUT2D eigenvalue weighted by molar-refractivity contribution is -0.162. The zero-order valence-electron chi connectivity index (χ0n) is 19.6. The Bertz CT molecular complexity index is 1060. The minimum Gasteiger partial charge on any atom is -0.508 e. The van der Waals surface area contributed by atoms with Crippen LogP contribution in [0.5, 0.6) is 34.5 Å². The molecule has 1 saturated carbocycles. The second-order valence-electron chi connectivity index (χ2n) is 10.5. The lowest BCUT2D eigenvalue weighted by atomic mass is 9.70. The highest BCUT2D eigenvalue weighted by Crippen LogP contribution is 2.46. The fraction of sp³-hybridized carbons (Fsp3) is 0.500. The molecule has 0 saturated heterocycles. The third-order valence-electron chi connectivity index (χ3n) is 7.14. The molecule has 1 aliphatic heterocycles. The SMILES string of the molecule is CC(C)(C)C1CCC(C(=O)O[C@@H]2Cc3c(O)cc(O)cc3O[C@@H]2c2cc(O)c(O)c(O)c2)CC1. The number of hydrogen-bond donors (Lipinski definition) is 5. The summed E-state index contributed by atoms with van der Waals surface area (Å²) in [7, 11) is 0. The second kappa shape index (κ2) is 8.81. The van der Waals surface area contributed by atoms with E-state index in [9.17, 15) is 30.3 Å². The van der Waals surface area contributed by atoms with E-state index < -0.39 is 29.5 Å². The van der Waals surface area contributed by atoms with Gasteiger partial charge in [-0.2, -0.15) is 0 Å². The van der Waals surface area contributed by atoms with E-state index in [1.54, 1.807) is 0 Å². The number of ether oxygens (including phenoxy) is 2. The van der Waals surface area contributed by atoms with Gasteiger partial charge in [-0.05, 0) is 49.1 Å². The Morgan fingerprint density at radius 3 is 2.12 bits per heavy atom. The van der Waals surface area contributed by atoms with Gasteiger partial charge in [-0.1, -0.05) is 20.8 Å². The Hall–Kier alpha value is -3.29. The van der Waals surface area contributed by atoms with E-state index in [4.69, 9.17) is 9.47 Å². The van der Waals surface area contributed by atoms with Crippen LogP contribution in [0.25, 0.3) is 0 Å². The van der Waals surface area contributed by atoms with Gasteiger partial charge in [-0.25, -0.2) is 0 Å². The largest absolute Gasteiger partial charge is 0.508 e. The molecule has 1 heterocycles. The smallest absolute Gasteiger partial charge is 0.309 e. The monoisotopic (exact) mass is 472 g/mol. The number of phenols is 5. The number of esters is 1. The highest BCUT2D eigenvalue weighted by Gasteiger charge is 2.39. The summed E-state index contributed by atoms with van der Waals surface area (Å²) < 4.78 is 11.9. The Kier molecular flexibility index (Phi) is 6.18. The maximum absolute atomic E-state index is 13.1.